The maximum atomic E-state index is 13.1. The molecular formula is C14H13BrF3N3. The number of nitrogens with one attached hydrogen (secondary N) is 1. The van der Waals surface area contributed by atoms with Gasteiger partial charge in [0.25, 0.3) is 0 Å². The molecule has 0 spiro atoms. The number of halogens is 4. The van der Waals surface area contributed by atoms with E-state index in [1.54, 1.807) is 13.1 Å². The molecule has 0 bridgehead atoms. The molecule has 21 heavy (non-hydrogen) atoms. The molecule has 0 aliphatic carbocycles. The third-order valence-corrected chi connectivity index (χ3v) is 3.80. The minimum Gasteiger partial charge on any atom is -0.372 e. The van der Waals surface area contributed by atoms with Crippen LogP contribution in [0.2, 0.25) is 0 Å². The van der Waals surface area contributed by atoms with E-state index >= 15 is 0 Å². The van der Waals surface area contributed by atoms with E-state index in [1.165, 1.54) is 12.1 Å². The van der Waals surface area contributed by atoms with Gasteiger partial charge in [-0.2, -0.15) is 13.2 Å². The lowest BCUT2D eigenvalue weighted by molar-refractivity contribution is -0.137. The van der Waals surface area contributed by atoms with Crippen molar-refractivity contribution in [3.8, 4) is 11.4 Å². The molecule has 112 valence electrons. The van der Waals surface area contributed by atoms with E-state index in [-0.39, 0.29) is 11.4 Å². The number of aryl methyl sites for hydroxylation is 1. The Kier molecular flexibility index (Phi) is 4.51. The van der Waals surface area contributed by atoms with Crippen molar-refractivity contribution in [2.75, 3.05) is 12.4 Å². The summed E-state index contributed by atoms with van der Waals surface area (Å²) in [7, 11) is 1.66. The number of hydrogen-bond donors (Lipinski definition) is 1. The molecule has 1 heterocycles. The molecule has 3 nitrogen and oxygen atoms in total. The zero-order valence-corrected chi connectivity index (χ0v) is 13.0. The predicted molar refractivity (Wildman–Crippen MR) is 79.1 cm³/mol. The lowest BCUT2D eigenvalue weighted by Crippen LogP contribution is -2.09. The fourth-order valence-electron chi connectivity index (χ4n) is 1.94. The Hall–Kier alpha value is -1.63. The van der Waals surface area contributed by atoms with E-state index in [0.717, 1.165) is 6.07 Å². The Morgan fingerprint density at radius 1 is 1.19 bits per heavy atom. The van der Waals surface area contributed by atoms with E-state index in [4.69, 9.17) is 0 Å². The number of nitrogens with zero attached hydrogens (tertiary/aromatic N) is 2. The van der Waals surface area contributed by atoms with Gasteiger partial charge in [0.2, 0.25) is 0 Å². The maximum absolute atomic E-state index is 13.1. The van der Waals surface area contributed by atoms with Crippen LogP contribution in [0.25, 0.3) is 11.4 Å². The second-order valence-corrected chi connectivity index (χ2v) is 5.10. The maximum Gasteiger partial charge on any atom is 0.417 e. The van der Waals surface area contributed by atoms with Crippen molar-refractivity contribution in [2.24, 2.45) is 0 Å². The second-order valence-electron chi connectivity index (χ2n) is 4.30. The average Bonchev–Trinajstić information content (AvgIpc) is 2.46. The molecule has 2 aromatic rings. The van der Waals surface area contributed by atoms with Gasteiger partial charge in [-0.1, -0.05) is 25.1 Å². The average molecular weight is 360 g/mol. The van der Waals surface area contributed by atoms with Crippen molar-refractivity contribution in [1.82, 2.24) is 9.97 Å². The van der Waals surface area contributed by atoms with E-state index < -0.39 is 11.7 Å². The minimum absolute atomic E-state index is 0.0244. The Morgan fingerprint density at radius 3 is 2.43 bits per heavy atom. The van der Waals surface area contributed by atoms with Crippen LogP contribution in [0.4, 0.5) is 19.0 Å². The first-order valence-electron chi connectivity index (χ1n) is 6.29. The normalized spacial score (nSPS) is 11.5. The molecular weight excluding hydrogens is 347 g/mol. The molecule has 0 aliphatic heterocycles. The molecule has 0 atom stereocenters. The highest BCUT2D eigenvalue weighted by Crippen LogP contribution is 2.37. The van der Waals surface area contributed by atoms with Crippen molar-refractivity contribution >= 4 is 21.7 Å². The molecule has 2 rings (SSSR count). The third-order valence-electron chi connectivity index (χ3n) is 2.96. The van der Waals surface area contributed by atoms with Gasteiger partial charge in [-0.3, -0.25) is 0 Å². The summed E-state index contributed by atoms with van der Waals surface area (Å²) in [6, 6.07) is 5.31. The number of aromatic nitrogens is 2. The van der Waals surface area contributed by atoms with Gasteiger partial charge in [-0.25, -0.2) is 9.97 Å². The smallest absolute Gasteiger partial charge is 0.372 e. The summed E-state index contributed by atoms with van der Waals surface area (Å²) in [6.45, 7) is 1.88. The lowest BCUT2D eigenvalue weighted by atomic mass is 10.1. The first-order valence-corrected chi connectivity index (χ1v) is 7.08. The quantitative estimate of drug-likeness (QED) is 0.874. The standard InChI is InChI=1S/C14H13BrF3N3/c1-3-10-11(15)13(19-2)21-12(20-10)8-6-4-5-7-9(8)14(16,17)18/h4-7H,3H2,1-2H3,(H,19,20,21). The summed E-state index contributed by atoms with van der Waals surface area (Å²) >= 11 is 3.36. The summed E-state index contributed by atoms with van der Waals surface area (Å²) in [6.07, 6.45) is -3.86. The van der Waals surface area contributed by atoms with Gasteiger partial charge >= 0.3 is 6.18 Å². The Bertz CT molecular complexity index is 631. The summed E-state index contributed by atoms with van der Waals surface area (Å²) < 4.78 is 40.0. The molecule has 1 aromatic carbocycles. The number of rotatable bonds is 3. The van der Waals surface area contributed by atoms with Crippen LogP contribution in [0.3, 0.4) is 0 Å². The fraction of sp³-hybridized carbons (Fsp3) is 0.286. The van der Waals surface area contributed by atoms with Crippen LogP contribution in [-0.2, 0) is 12.6 Å². The molecule has 7 heteroatoms. The van der Waals surface area contributed by atoms with Crippen molar-refractivity contribution in [3.63, 3.8) is 0 Å². The van der Waals surface area contributed by atoms with E-state index in [1.807, 2.05) is 6.92 Å². The zero-order valence-electron chi connectivity index (χ0n) is 11.4. The van der Waals surface area contributed by atoms with Crippen molar-refractivity contribution < 1.29 is 13.2 Å². The van der Waals surface area contributed by atoms with Gasteiger partial charge in [0.1, 0.15) is 5.82 Å². The molecule has 0 radical (unpaired) electrons. The van der Waals surface area contributed by atoms with E-state index in [0.29, 0.717) is 22.4 Å². The molecule has 0 saturated heterocycles. The van der Waals surface area contributed by atoms with Gasteiger partial charge in [-0.05, 0) is 28.4 Å². The highest BCUT2D eigenvalue weighted by Gasteiger charge is 2.34. The molecule has 0 aliphatic rings. The molecule has 0 amide bonds. The molecule has 0 saturated carbocycles. The number of benzene rings is 1. The Morgan fingerprint density at radius 2 is 1.86 bits per heavy atom. The highest BCUT2D eigenvalue weighted by molar-refractivity contribution is 9.10. The van der Waals surface area contributed by atoms with Crippen LogP contribution in [0, 0.1) is 0 Å². The summed E-state index contributed by atoms with van der Waals surface area (Å²) in [4.78, 5) is 8.42. The number of alkyl halides is 3. The van der Waals surface area contributed by atoms with Crippen molar-refractivity contribution in [2.45, 2.75) is 19.5 Å². The second kappa shape index (κ2) is 6.01. The van der Waals surface area contributed by atoms with E-state index in [9.17, 15) is 13.2 Å². The first kappa shape index (κ1) is 15.8. The minimum atomic E-state index is -4.45. The van der Waals surface area contributed by atoms with E-state index in [2.05, 4.69) is 31.2 Å². The fourth-order valence-corrected chi connectivity index (χ4v) is 2.60. The van der Waals surface area contributed by atoms with Crippen molar-refractivity contribution in [3.05, 3.63) is 40.0 Å². The van der Waals surface area contributed by atoms with Gasteiger partial charge in [0, 0.05) is 12.6 Å². The first-order chi connectivity index (χ1) is 9.88. The highest BCUT2D eigenvalue weighted by atomic mass is 79.9. The van der Waals surface area contributed by atoms with Gasteiger partial charge in [0.15, 0.2) is 5.82 Å². The number of anilines is 1. The van der Waals surface area contributed by atoms with Crippen LogP contribution in [0.15, 0.2) is 28.7 Å². The predicted octanol–water partition coefficient (Wildman–Crippen LogP) is 4.53. The lowest BCUT2D eigenvalue weighted by Gasteiger charge is -2.14. The zero-order chi connectivity index (χ0) is 15.6. The van der Waals surface area contributed by atoms with Gasteiger partial charge in [0.05, 0.1) is 15.7 Å². The molecule has 1 aromatic heterocycles. The van der Waals surface area contributed by atoms with Gasteiger partial charge in [-0.15, -0.1) is 0 Å². The molecule has 0 unspecified atom stereocenters. The summed E-state index contributed by atoms with van der Waals surface area (Å²) in [5.74, 6) is 0.529. The van der Waals surface area contributed by atoms with Gasteiger partial charge < -0.3 is 5.32 Å². The topological polar surface area (TPSA) is 37.8 Å². The third kappa shape index (κ3) is 3.18. The Balaban J connectivity index is 2.68. The summed E-state index contributed by atoms with van der Waals surface area (Å²) in [5.41, 5.74) is -0.110. The van der Waals surface area contributed by atoms with Crippen LogP contribution in [0.5, 0.6) is 0 Å². The summed E-state index contributed by atoms with van der Waals surface area (Å²) in [5, 5.41) is 2.86. The van der Waals surface area contributed by atoms with Crippen LogP contribution >= 0.6 is 15.9 Å². The van der Waals surface area contributed by atoms with Crippen molar-refractivity contribution in [1.29, 1.82) is 0 Å². The van der Waals surface area contributed by atoms with Crippen LogP contribution in [0.1, 0.15) is 18.2 Å². The largest absolute Gasteiger partial charge is 0.417 e. The van der Waals surface area contributed by atoms with Crippen LogP contribution in [-0.4, -0.2) is 17.0 Å². The SMILES string of the molecule is CCc1nc(-c2ccccc2C(F)(F)F)nc(NC)c1Br. The monoisotopic (exact) mass is 359 g/mol. The molecule has 1 N–H and O–H groups in total. The Labute approximate surface area is 128 Å². The number of hydrogen-bond acceptors (Lipinski definition) is 3. The van der Waals surface area contributed by atoms with Crippen LogP contribution < -0.4 is 5.32 Å². The molecule has 0 fully saturated rings.